The van der Waals surface area contributed by atoms with Gasteiger partial charge in [-0.15, -0.1) is 0 Å². The molecule has 0 radical (unpaired) electrons. The van der Waals surface area contributed by atoms with Gasteiger partial charge in [0.25, 0.3) is 11.8 Å². The number of rotatable bonds is 6. The van der Waals surface area contributed by atoms with E-state index in [0.29, 0.717) is 39.3 Å². The molecule has 0 spiro atoms. The molecule has 2 aromatic carbocycles. The number of thioether (sulfide) groups is 1. The summed E-state index contributed by atoms with van der Waals surface area (Å²) in [5.41, 5.74) is 6.00. The van der Waals surface area contributed by atoms with Gasteiger partial charge < -0.3 is 9.47 Å². The molecule has 1 saturated heterocycles. The first-order chi connectivity index (χ1) is 15.5. The Morgan fingerprint density at radius 2 is 1.88 bits per heavy atom. The number of carbonyl (C=O) groups is 3. The van der Waals surface area contributed by atoms with E-state index in [9.17, 15) is 14.4 Å². The molecule has 2 aromatic rings. The number of amides is 3. The SMILES string of the molecule is O=C(CCCN1C(=O)C(=Cc2ccc3c(c2)OCO3)SC1=S)NNC(=O)c1ccccc1. The third-order valence-electron chi connectivity index (χ3n) is 4.70. The molecule has 1 fully saturated rings. The van der Waals surface area contributed by atoms with Gasteiger partial charge in [0.2, 0.25) is 12.7 Å². The Morgan fingerprint density at radius 3 is 2.69 bits per heavy atom. The van der Waals surface area contributed by atoms with E-state index in [1.807, 2.05) is 12.1 Å². The van der Waals surface area contributed by atoms with Gasteiger partial charge in [-0.3, -0.25) is 30.1 Å². The Balaban J connectivity index is 1.26. The molecule has 8 nitrogen and oxygen atoms in total. The van der Waals surface area contributed by atoms with Crippen LogP contribution < -0.4 is 20.3 Å². The lowest BCUT2D eigenvalue weighted by atomic mass is 10.2. The van der Waals surface area contributed by atoms with E-state index in [1.165, 1.54) is 16.7 Å². The van der Waals surface area contributed by atoms with Gasteiger partial charge in [0.15, 0.2) is 11.5 Å². The van der Waals surface area contributed by atoms with Crippen molar-refractivity contribution in [1.82, 2.24) is 15.8 Å². The molecule has 0 bridgehead atoms. The maximum atomic E-state index is 12.7. The largest absolute Gasteiger partial charge is 0.454 e. The highest BCUT2D eigenvalue weighted by atomic mass is 32.2. The minimum atomic E-state index is -0.399. The van der Waals surface area contributed by atoms with Gasteiger partial charge in [-0.1, -0.05) is 48.2 Å². The molecule has 2 aliphatic rings. The Morgan fingerprint density at radius 1 is 1.09 bits per heavy atom. The maximum absolute atomic E-state index is 12.7. The van der Waals surface area contributed by atoms with Crippen LogP contribution in [0.25, 0.3) is 6.08 Å². The molecule has 0 aromatic heterocycles. The highest BCUT2D eigenvalue weighted by Crippen LogP contribution is 2.36. The minimum Gasteiger partial charge on any atom is -0.454 e. The van der Waals surface area contributed by atoms with Crippen LogP contribution in [0.15, 0.2) is 53.4 Å². The zero-order valence-corrected chi connectivity index (χ0v) is 18.5. The third kappa shape index (κ3) is 5.09. The Hall–Kier alpha value is -3.37. The van der Waals surface area contributed by atoms with Gasteiger partial charge in [0.05, 0.1) is 4.91 Å². The first-order valence-electron chi connectivity index (χ1n) is 9.80. The van der Waals surface area contributed by atoms with Crippen molar-refractivity contribution in [3.05, 3.63) is 64.6 Å². The van der Waals surface area contributed by atoms with Crippen molar-refractivity contribution in [2.24, 2.45) is 0 Å². The fourth-order valence-electron chi connectivity index (χ4n) is 3.10. The Labute approximate surface area is 193 Å². The van der Waals surface area contributed by atoms with Crippen molar-refractivity contribution in [1.29, 1.82) is 0 Å². The molecule has 10 heteroatoms. The topological polar surface area (TPSA) is 97.0 Å². The van der Waals surface area contributed by atoms with Crippen LogP contribution in [0.2, 0.25) is 0 Å². The summed E-state index contributed by atoms with van der Waals surface area (Å²) >= 11 is 6.55. The van der Waals surface area contributed by atoms with E-state index >= 15 is 0 Å². The predicted octanol–water partition coefficient (Wildman–Crippen LogP) is 2.86. The summed E-state index contributed by atoms with van der Waals surface area (Å²) in [5.74, 6) is 0.364. The summed E-state index contributed by atoms with van der Waals surface area (Å²) in [7, 11) is 0. The molecule has 0 atom stereocenters. The molecule has 2 N–H and O–H groups in total. The van der Waals surface area contributed by atoms with Crippen LogP contribution in [0.4, 0.5) is 0 Å². The van der Waals surface area contributed by atoms with Gasteiger partial charge in [0, 0.05) is 18.5 Å². The highest BCUT2D eigenvalue weighted by Gasteiger charge is 2.31. The monoisotopic (exact) mass is 469 g/mol. The van der Waals surface area contributed by atoms with E-state index in [2.05, 4.69) is 10.9 Å². The van der Waals surface area contributed by atoms with Crippen LogP contribution in [0.3, 0.4) is 0 Å². The lowest BCUT2D eigenvalue weighted by Gasteiger charge is -2.14. The molecular weight excluding hydrogens is 450 g/mol. The third-order valence-corrected chi connectivity index (χ3v) is 6.08. The van der Waals surface area contributed by atoms with Gasteiger partial charge in [-0.25, -0.2) is 0 Å². The first kappa shape index (κ1) is 21.8. The summed E-state index contributed by atoms with van der Waals surface area (Å²) in [4.78, 5) is 38.7. The molecule has 0 aliphatic carbocycles. The van der Waals surface area contributed by atoms with Crippen molar-refractivity contribution in [2.75, 3.05) is 13.3 Å². The second-order valence-corrected chi connectivity index (χ2v) is 8.59. The average molecular weight is 470 g/mol. The van der Waals surface area contributed by atoms with Gasteiger partial charge in [-0.2, -0.15) is 0 Å². The number of fused-ring (bicyclic) bond motifs is 1. The second-order valence-electron chi connectivity index (χ2n) is 6.92. The van der Waals surface area contributed by atoms with Gasteiger partial charge >= 0.3 is 0 Å². The zero-order chi connectivity index (χ0) is 22.5. The van der Waals surface area contributed by atoms with Crippen LogP contribution in [0, 0.1) is 0 Å². The van der Waals surface area contributed by atoms with E-state index in [4.69, 9.17) is 21.7 Å². The number of carbonyl (C=O) groups excluding carboxylic acids is 3. The number of benzene rings is 2. The van der Waals surface area contributed by atoms with Gasteiger partial charge in [-0.05, 0) is 42.3 Å². The molecule has 3 amide bonds. The number of hydrazine groups is 1. The molecule has 2 aliphatic heterocycles. The van der Waals surface area contributed by atoms with Crippen molar-refractivity contribution in [3.63, 3.8) is 0 Å². The van der Waals surface area contributed by atoms with E-state index in [-0.39, 0.29) is 25.0 Å². The number of hydrogen-bond donors (Lipinski definition) is 2. The highest BCUT2D eigenvalue weighted by molar-refractivity contribution is 8.26. The molecule has 164 valence electrons. The Kier molecular flexibility index (Phi) is 6.72. The summed E-state index contributed by atoms with van der Waals surface area (Å²) in [6, 6.07) is 14.0. The van der Waals surface area contributed by atoms with E-state index in [1.54, 1.807) is 42.5 Å². The minimum absolute atomic E-state index is 0.132. The van der Waals surface area contributed by atoms with Crippen molar-refractivity contribution in [2.45, 2.75) is 12.8 Å². The normalized spacial score (nSPS) is 15.9. The average Bonchev–Trinajstić information content (AvgIpc) is 3.37. The van der Waals surface area contributed by atoms with E-state index in [0.717, 1.165) is 5.56 Å². The number of hydrogen-bond acceptors (Lipinski definition) is 7. The molecule has 32 heavy (non-hydrogen) atoms. The van der Waals surface area contributed by atoms with Crippen LogP contribution in [-0.2, 0) is 9.59 Å². The maximum Gasteiger partial charge on any atom is 0.269 e. The molecule has 0 saturated carbocycles. The number of ether oxygens (including phenoxy) is 2. The summed E-state index contributed by atoms with van der Waals surface area (Å²) in [6.07, 6.45) is 2.29. The quantitative estimate of drug-likeness (QED) is 0.381. The second kappa shape index (κ2) is 9.84. The number of nitrogens with zero attached hydrogens (tertiary/aromatic N) is 1. The fourth-order valence-corrected chi connectivity index (χ4v) is 4.40. The lowest BCUT2D eigenvalue weighted by Crippen LogP contribution is -2.41. The van der Waals surface area contributed by atoms with Crippen LogP contribution in [0.5, 0.6) is 11.5 Å². The molecule has 0 unspecified atom stereocenters. The Bertz CT molecular complexity index is 1100. The van der Waals surface area contributed by atoms with Crippen LogP contribution >= 0.6 is 24.0 Å². The predicted molar refractivity (Wildman–Crippen MR) is 124 cm³/mol. The smallest absolute Gasteiger partial charge is 0.269 e. The molecule has 4 rings (SSSR count). The molecule has 2 heterocycles. The zero-order valence-electron chi connectivity index (χ0n) is 16.8. The molecular formula is C22H19N3O5S2. The van der Waals surface area contributed by atoms with Crippen LogP contribution in [0.1, 0.15) is 28.8 Å². The summed E-state index contributed by atoms with van der Waals surface area (Å²) in [5, 5.41) is 0. The first-order valence-corrected chi connectivity index (χ1v) is 11.0. The van der Waals surface area contributed by atoms with E-state index < -0.39 is 5.91 Å². The van der Waals surface area contributed by atoms with Crippen LogP contribution in [-0.4, -0.2) is 40.3 Å². The van der Waals surface area contributed by atoms with Crippen molar-refractivity contribution < 1.29 is 23.9 Å². The lowest BCUT2D eigenvalue weighted by molar-refractivity contribution is -0.124. The fraction of sp³-hybridized carbons (Fsp3) is 0.182. The number of thiocarbonyl (C=S) groups is 1. The van der Waals surface area contributed by atoms with Gasteiger partial charge in [0.1, 0.15) is 4.32 Å². The van der Waals surface area contributed by atoms with Crippen molar-refractivity contribution >= 4 is 52.1 Å². The number of nitrogens with one attached hydrogen (secondary N) is 2. The van der Waals surface area contributed by atoms with Crippen molar-refractivity contribution in [3.8, 4) is 11.5 Å². The summed E-state index contributed by atoms with van der Waals surface area (Å²) in [6.45, 7) is 0.494. The summed E-state index contributed by atoms with van der Waals surface area (Å²) < 4.78 is 11.1. The standard InChI is InChI=1S/C22H19N3O5S2/c26-19(23-24-20(27)15-5-2-1-3-6-15)7-4-10-25-21(28)18(32-22(25)31)12-14-8-9-16-17(11-14)30-13-29-16/h1-3,5-6,8-9,11-12H,4,7,10,13H2,(H,23,26)(H,24,27).